The molecule has 2 N–H and O–H groups in total. The Morgan fingerprint density at radius 2 is 2.05 bits per heavy atom. The van der Waals surface area contributed by atoms with Crippen LogP contribution in [-0.4, -0.2) is 51.5 Å². The highest BCUT2D eigenvalue weighted by molar-refractivity contribution is 6.31. The number of aliphatic hydroxyl groups excluding tert-OH is 2. The number of hydrogen-bond donors (Lipinski definition) is 2. The highest BCUT2D eigenvalue weighted by atomic mass is 35.5. The van der Waals surface area contributed by atoms with E-state index < -0.39 is 23.9 Å². The van der Waals surface area contributed by atoms with Crippen molar-refractivity contribution in [2.24, 2.45) is 0 Å². The van der Waals surface area contributed by atoms with Gasteiger partial charge in [0.2, 0.25) is 5.76 Å². The minimum Gasteiger partial charge on any atom is -0.388 e. The molecule has 8 heteroatoms. The molecule has 22 heavy (non-hydrogen) atoms. The number of carbonyl (C=O) groups excluding carboxylic acids is 1. The molecule has 2 heterocycles. The zero-order chi connectivity index (χ0) is 15.9. The van der Waals surface area contributed by atoms with Crippen molar-refractivity contribution in [3.05, 3.63) is 40.9 Å². The standard InChI is InChI=1S/C14H12ClFN2O4/c15-8-3-1-2-7(13(8)16)9-4-12(22-17-9)14(21)18-5-10(19)11(20)6-18/h1-4,10-11,19-20H,5-6H2/t10-,11-/m0/s1. The Morgan fingerprint density at radius 3 is 2.73 bits per heavy atom. The summed E-state index contributed by atoms with van der Waals surface area (Å²) in [6, 6.07) is 5.73. The Kier molecular flexibility index (Phi) is 3.86. The second-order valence-electron chi connectivity index (χ2n) is 5.02. The van der Waals surface area contributed by atoms with Crippen molar-refractivity contribution in [1.29, 1.82) is 0 Å². The first-order chi connectivity index (χ1) is 10.5. The van der Waals surface area contributed by atoms with Crippen molar-refractivity contribution in [1.82, 2.24) is 10.1 Å². The van der Waals surface area contributed by atoms with E-state index in [2.05, 4.69) is 5.16 Å². The summed E-state index contributed by atoms with van der Waals surface area (Å²) in [4.78, 5) is 13.4. The summed E-state index contributed by atoms with van der Waals surface area (Å²) in [5.74, 6) is -1.28. The van der Waals surface area contributed by atoms with Crippen LogP contribution >= 0.6 is 11.6 Å². The van der Waals surface area contributed by atoms with Crippen molar-refractivity contribution in [2.75, 3.05) is 13.1 Å². The molecule has 0 bridgehead atoms. The number of aliphatic hydroxyl groups is 2. The fourth-order valence-corrected chi connectivity index (χ4v) is 2.47. The monoisotopic (exact) mass is 326 g/mol. The van der Waals surface area contributed by atoms with Gasteiger partial charge in [-0.15, -0.1) is 0 Å². The summed E-state index contributed by atoms with van der Waals surface area (Å²) in [5.41, 5.74) is 0.264. The van der Waals surface area contributed by atoms with Crippen LogP contribution in [0.4, 0.5) is 4.39 Å². The fraction of sp³-hybridized carbons (Fsp3) is 0.286. The molecule has 1 fully saturated rings. The van der Waals surface area contributed by atoms with Crippen LogP contribution in [-0.2, 0) is 0 Å². The lowest BCUT2D eigenvalue weighted by atomic mass is 10.1. The molecule has 1 aromatic heterocycles. The Bertz CT molecular complexity index is 711. The number of hydrogen-bond acceptors (Lipinski definition) is 5. The van der Waals surface area contributed by atoms with Crippen molar-refractivity contribution in [3.8, 4) is 11.3 Å². The van der Waals surface area contributed by atoms with E-state index in [0.717, 1.165) is 0 Å². The quantitative estimate of drug-likeness (QED) is 0.869. The first-order valence-electron chi connectivity index (χ1n) is 6.54. The number of nitrogens with zero attached hydrogens (tertiary/aromatic N) is 2. The highest BCUT2D eigenvalue weighted by Gasteiger charge is 2.34. The van der Waals surface area contributed by atoms with Crippen molar-refractivity contribution >= 4 is 17.5 Å². The molecule has 1 aliphatic heterocycles. The molecular weight excluding hydrogens is 315 g/mol. The van der Waals surface area contributed by atoms with E-state index in [1.54, 1.807) is 6.07 Å². The van der Waals surface area contributed by atoms with Crippen LogP contribution in [0, 0.1) is 5.82 Å². The Balaban J connectivity index is 1.85. The third kappa shape index (κ3) is 2.58. The van der Waals surface area contributed by atoms with Gasteiger partial charge in [0.15, 0.2) is 5.82 Å². The Labute approximate surface area is 129 Å². The number of β-amino-alcohol motifs (C(OH)–C–C–N with tert-alkyl or cyclic N) is 2. The lowest BCUT2D eigenvalue weighted by Crippen LogP contribution is -2.29. The topological polar surface area (TPSA) is 86.8 Å². The summed E-state index contributed by atoms with van der Waals surface area (Å²) in [6.45, 7) is 0.00309. The van der Waals surface area contributed by atoms with E-state index >= 15 is 0 Å². The largest absolute Gasteiger partial charge is 0.388 e. The molecule has 1 amide bonds. The van der Waals surface area contributed by atoms with Gasteiger partial charge < -0.3 is 19.6 Å². The van der Waals surface area contributed by atoms with Gasteiger partial charge in [0.1, 0.15) is 5.69 Å². The molecule has 116 valence electrons. The summed E-state index contributed by atoms with van der Waals surface area (Å²) in [5, 5.41) is 22.5. The first kappa shape index (κ1) is 15.0. The number of likely N-dealkylation sites (tertiary alicyclic amines) is 1. The maximum Gasteiger partial charge on any atom is 0.292 e. The van der Waals surface area contributed by atoms with Crippen molar-refractivity contribution in [2.45, 2.75) is 12.2 Å². The molecule has 0 radical (unpaired) electrons. The van der Waals surface area contributed by atoms with Gasteiger partial charge >= 0.3 is 0 Å². The van der Waals surface area contributed by atoms with E-state index in [1.807, 2.05) is 0 Å². The molecule has 0 aliphatic carbocycles. The first-order valence-corrected chi connectivity index (χ1v) is 6.91. The van der Waals surface area contributed by atoms with Gasteiger partial charge in [-0.25, -0.2) is 4.39 Å². The van der Waals surface area contributed by atoms with Crippen LogP contribution < -0.4 is 0 Å². The molecule has 0 saturated carbocycles. The molecule has 3 rings (SSSR count). The van der Waals surface area contributed by atoms with E-state index in [-0.39, 0.29) is 35.1 Å². The Morgan fingerprint density at radius 1 is 1.36 bits per heavy atom. The van der Waals surface area contributed by atoms with Crippen LogP contribution in [0.2, 0.25) is 5.02 Å². The number of halogens is 2. The van der Waals surface area contributed by atoms with Crippen LogP contribution in [0.15, 0.2) is 28.8 Å². The van der Waals surface area contributed by atoms with Gasteiger partial charge in [0, 0.05) is 24.7 Å². The highest BCUT2D eigenvalue weighted by Crippen LogP contribution is 2.27. The van der Waals surface area contributed by atoms with E-state index in [4.69, 9.17) is 16.1 Å². The van der Waals surface area contributed by atoms with E-state index in [1.165, 1.54) is 23.1 Å². The zero-order valence-electron chi connectivity index (χ0n) is 11.2. The zero-order valence-corrected chi connectivity index (χ0v) is 12.0. The van der Waals surface area contributed by atoms with E-state index in [9.17, 15) is 19.4 Å². The third-order valence-electron chi connectivity index (χ3n) is 3.49. The SMILES string of the molecule is O=C(c1cc(-c2cccc(Cl)c2F)no1)N1C[C@H](O)[C@@H](O)C1. The normalized spacial score (nSPS) is 21.4. The summed E-state index contributed by atoms with van der Waals surface area (Å²) in [7, 11) is 0. The predicted octanol–water partition coefficient (Wildman–Crippen LogP) is 1.31. The molecule has 1 saturated heterocycles. The van der Waals surface area contributed by atoms with Crippen molar-refractivity contribution < 1.29 is 23.9 Å². The van der Waals surface area contributed by atoms with Crippen LogP contribution in [0.5, 0.6) is 0 Å². The number of rotatable bonds is 2. The third-order valence-corrected chi connectivity index (χ3v) is 3.79. The minimum absolute atomic E-state index is 0.00155. The molecule has 2 atom stereocenters. The van der Waals surface area contributed by atoms with Crippen LogP contribution in [0.25, 0.3) is 11.3 Å². The lowest BCUT2D eigenvalue weighted by Gasteiger charge is -2.12. The average Bonchev–Trinajstić information content (AvgIpc) is 3.09. The molecule has 1 aromatic carbocycles. The summed E-state index contributed by atoms with van der Waals surface area (Å²) < 4.78 is 18.9. The lowest BCUT2D eigenvalue weighted by molar-refractivity contribution is 0.0572. The molecule has 0 unspecified atom stereocenters. The van der Waals surface area contributed by atoms with Crippen molar-refractivity contribution in [3.63, 3.8) is 0 Å². The molecular formula is C14H12ClFN2O4. The maximum absolute atomic E-state index is 13.9. The van der Waals surface area contributed by atoms with E-state index in [0.29, 0.717) is 0 Å². The fourth-order valence-electron chi connectivity index (χ4n) is 2.30. The molecule has 2 aromatic rings. The number of aromatic nitrogens is 1. The smallest absolute Gasteiger partial charge is 0.292 e. The minimum atomic E-state index is -0.989. The van der Waals surface area contributed by atoms with Crippen LogP contribution in [0.3, 0.4) is 0 Å². The second kappa shape index (κ2) is 5.68. The van der Waals surface area contributed by atoms with Gasteiger partial charge in [-0.1, -0.05) is 22.8 Å². The molecule has 6 nitrogen and oxygen atoms in total. The maximum atomic E-state index is 13.9. The van der Waals surface area contributed by atoms with Gasteiger partial charge in [0.05, 0.1) is 17.2 Å². The summed E-state index contributed by atoms with van der Waals surface area (Å²) >= 11 is 5.70. The number of amides is 1. The summed E-state index contributed by atoms with van der Waals surface area (Å²) in [6.07, 6.45) is -1.98. The second-order valence-corrected chi connectivity index (χ2v) is 5.43. The number of benzene rings is 1. The average molecular weight is 327 g/mol. The molecule has 0 spiro atoms. The number of carbonyl (C=O) groups is 1. The van der Waals surface area contributed by atoms with Crippen LogP contribution in [0.1, 0.15) is 10.6 Å². The van der Waals surface area contributed by atoms with Gasteiger partial charge in [-0.2, -0.15) is 0 Å². The predicted molar refractivity (Wildman–Crippen MR) is 74.8 cm³/mol. The van der Waals surface area contributed by atoms with Gasteiger partial charge in [-0.3, -0.25) is 4.79 Å². The molecule has 1 aliphatic rings. The van der Waals surface area contributed by atoms with Gasteiger partial charge in [-0.05, 0) is 12.1 Å². The Hall–Kier alpha value is -1.96. The van der Waals surface area contributed by atoms with Gasteiger partial charge in [0.25, 0.3) is 5.91 Å².